The second kappa shape index (κ2) is 11.3. The summed E-state index contributed by atoms with van der Waals surface area (Å²) in [6, 6.07) is 21.5. The molecule has 0 radical (unpaired) electrons. The van der Waals surface area contributed by atoms with Gasteiger partial charge in [0.25, 0.3) is 0 Å². The Bertz CT molecular complexity index is 1600. The quantitative estimate of drug-likeness (QED) is 0.264. The number of nitrogens with one attached hydrogen (secondary N) is 1. The molecule has 2 aromatic heterocycles. The Morgan fingerprint density at radius 2 is 1.74 bits per heavy atom. The molecule has 2 aromatic carbocycles. The second-order valence-electron chi connectivity index (χ2n) is 9.26. The summed E-state index contributed by atoms with van der Waals surface area (Å²) in [5, 5.41) is 23.7. The molecule has 0 aliphatic heterocycles. The van der Waals surface area contributed by atoms with Crippen molar-refractivity contribution in [3.05, 3.63) is 77.0 Å². The molecule has 4 rings (SSSR count). The van der Waals surface area contributed by atoms with Gasteiger partial charge < -0.3 is 11.1 Å². The van der Waals surface area contributed by atoms with Crippen LogP contribution in [0.3, 0.4) is 0 Å². The number of nitriles is 2. The summed E-state index contributed by atoms with van der Waals surface area (Å²) in [4.78, 5) is 22.3. The van der Waals surface area contributed by atoms with E-state index in [-0.39, 0.29) is 22.9 Å². The maximum atomic E-state index is 13.4. The zero-order valence-electron chi connectivity index (χ0n) is 21.7. The monoisotopic (exact) mass is 520 g/mol. The third kappa shape index (κ3) is 5.32. The number of rotatable bonds is 7. The molecule has 0 aliphatic rings. The Morgan fingerprint density at radius 3 is 2.37 bits per heavy atom. The van der Waals surface area contributed by atoms with Gasteiger partial charge in [0.05, 0.1) is 22.0 Å². The van der Waals surface area contributed by atoms with Crippen LogP contribution in [0.15, 0.2) is 59.6 Å². The standard InChI is InChI=1S/C30H28N6OS/c1-5-26(29(37)35-25-14-18(4)34-24-9-7-6-8-21(24)25)38-30-23(16-32)27(22(15-31)28(33)36-30)20-12-10-19(11-13-20)17(2)3/h6-14,17,26H,5H2,1-4H3,(H2,33,36)(H,34,35,37). The van der Waals surface area contributed by atoms with Gasteiger partial charge in [-0.3, -0.25) is 9.78 Å². The Labute approximate surface area is 226 Å². The molecule has 0 aliphatic carbocycles. The SMILES string of the molecule is CCC(Sc1nc(N)c(C#N)c(-c2ccc(C(C)C)cc2)c1C#N)C(=O)Nc1cc(C)nc2ccccc12. The van der Waals surface area contributed by atoms with Gasteiger partial charge in [0.2, 0.25) is 5.91 Å². The van der Waals surface area contributed by atoms with Crippen molar-refractivity contribution >= 4 is 40.1 Å². The van der Waals surface area contributed by atoms with E-state index >= 15 is 0 Å². The number of thioether (sulfide) groups is 1. The lowest BCUT2D eigenvalue weighted by Gasteiger charge is -2.18. The van der Waals surface area contributed by atoms with E-state index in [0.29, 0.717) is 34.2 Å². The summed E-state index contributed by atoms with van der Waals surface area (Å²) >= 11 is 1.18. The summed E-state index contributed by atoms with van der Waals surface area (Å²) in [5.74, 6) is 0.154. The summed E-state index contributed by atoms with van der Waals surface area (Å²) in [7, 11) is 0. The fraction of sp³-hybridized carbons (Fsp3) is 0.233. The molecular formula is C30H28N6OS. The molecule has 1 unspecified atom stereocenters. The van der Waals surface area contributed by atoms with Crippen molar-refractivity contribution < 1.29 is 4.79 Å². The van der Waals surface area contributed by atoms with E-state index in [2.05, 4.69) is 41.3 Å². The van der Waals surface area contributed by atoms with E-state index in [9.17, 15) is 15.3 Å². The van der Waals surface area contributed by atoms with Crippen LogP contribution in [0.2, 0.25) is 0 Å². The molecule has 7 nitrogen and oxygen atoms in total. The van der Waals surface area contributed by atoms with Crippen LogP contribution in [0.4, 0.5) is 11.5 Å². The Balaban J connectivity index is 1.72. The minimum atomic E-state index is -0.551. The fourth-order valence-electron chi connectivity index (χ4n) is 4.29. The number of aryl methyl sites for hydroxylation is 1. The maximum Gasteiger partial charge on any atom is 0.237 e. The first-order valence-corrected chi connectivity index (χ1v) is 13.2. The molecule has 0 fully saturated rings. The number of nitrogens with zero attached hydrogens (tertiary/aromatic N) is 4. The van der Waals surface area contributed by atoms with Crippen LogP contribution in [0.1, 0.15) is 55.5 Å². The molecule has 0 saturated carbocycles. The Kier molecular flexibility index (Phi) is 7.95. The van der Waals surface area contributed by atoms with Crippen LogP contribution in [0.5, 0.6) is 0 Å². The Hall–Kier alpha value is -4.40. The van der Waals surface area contributed by atoms with Crippen molar-refractivity contribution in [2.75, 3.05) is 11.1 Å². The third-order valence-electron chi connectivity index (χ3n) is 6.30. The van der Waals surface area contributed by atoms with Gasteiger partial charge >= 0.3 is 0 Å². The molecule has 1 atom stereocenters. The lowest BCUT2D eigenvalue weighted by molar-refractivity contribution is -0.115. The van der Waals surface area contributed by atoms with Gasteiger partial charge in [-0.15, -0.1) is 0 Å². The maximum absolute atomic E-state index is 13.4. The average molecular weight is 521 g/mol. The molecule has 3 N–H and O–H groups in total. The highest BCUT2D eigenvalue weighted by Gasteiger charge is 2.26. The number of benzene rings is 2. The van der Waals surface area contributed by atoms with Gasteiger partial charge in [0.15, 0.2) is 0 Å². The number of aromatic nitrogens is 2. The molecular weight excluding hydrogens is 492 g/mol. The van der Waals surface area contributed by atoms with Crippen LogP contribution in [0, 0.1) is 29.6 Å². The average Bonchev–Trinajstić information content (AvgIpc) is 2.91. The van der Waals surface area contributed by atoms with Gasteiger partial charge in [-0.1, -0.05) is 75.0 Å². The molecule has 38 heavy (non-hydrogen) atoms. The summed E-state index contributed by atoms with van der Waals surface area (Å²) < 4.78 is 0. The number of carbonyl (C=O) groups is 1. The fourth-order valence-corrected chi connectivity index (χ4v) is 5.31. The molecule has 190 valence electrons. The first kappa shape index (κ1) is 26.7. The first-order chi connectivity index (χ1) is 18.3. The number of hydrogen-bond acceptors (Lipinski definition) is 7. The minimum absolute atomic E-state index is 0.0305. The van der Waals surface area contributed by atoms with E-state index in [0.717, 1.165) is 22.2 Å². The third-order valence-corrected chi connectivity index (χ3v) is 7.65. The molecule has 1 amide bonds. The van der Waals surface area contributed by atoms with E-state index in [1.54, 1.807) is 0 Å². The van der Waals surface area contributed by atoms with Crippen molar-refractivity contribution in [3.8, 4) is 23.3 Å². The summed E-state index contributed by atoms with van der Waals surface area (Å²) in [6.07, 6.45) is 0.489. The first-order valence-electron chi connectivity index (χ1n) is 12.3. The molecule has 0 saturated heterocycles. The highest BCUT2D eigenvalue weighted by atomic mass is 32.2. The van der Waals surface area contributed by atoms with Gasteiger partial charge in [-0.05, 0) is 42.5 Å². The van der Waals surface area contributed by atoms with Crippen LogP contribution < -0.4 is 11.1 Å². The molecule has 0 bridgehead atoms. The van der Waals surface area contributed by atoms with Crippen LogP contribution in [-0.4, -0.2) is 21.1 Å². The number of nitrogens with two attached hydrogens (primary N) is 1. The van der Waals surface area contributed by atoms with Gasteiger partial charge in [0, 0.05) is 16.6 Å². The zero-order valence-corrected chi connectivity index (χ0v) is 22.6. The van der Waals surface area contributed by atoms with Crippen molar-refractivity contribution in [2.45, 2.75) is 50.3 Å². The van der Waals surface area contributed by atoms with Crippen LogP contribution in [-0.2, 0) is 4.79 Å². The lowest BCUT2D eigenvalue weighted by Crippen LogP contribution is -2.25. The summed E-state index contributed by atoms with van der Waals surface area (Å²) in [6.45, 7) is 7.98. The van der Waals surface area contributed by atoms with Crippen molar-refractivity contribution in [1.29, 1.82) is 10.5 Å². The number of hydrogen-bond donors (Lipinski definition) is 2. The second-order valence-corrected chi connectivity index (χ2v) is 10.5. The molecule has 4 aromatic rings. The van der Waals surface area contributed by atoms with Crippen molar-refractivity contribution in [2.24, 2.45) is 0 Å². The van der Waals surface area contributed by atoms with Gasteiger partial charge in [-0.2, -0.15) is 10.5 Å². The van der Waals surface area contributed by atoms with Gasteiger partial charge in [0.1, 0.15) is 28.5 Å². The molecule has 0 spiro atoms. The minimum Gasteiger partial charge on any atom is -0.383 e. The highest BCUT2D eigenvalue weighted by Crippen LogP contribution is 2.38. The van der Waals surface area contributed by atoms with E-state index in [4.69, 9.17) is 5.73 Å². The number of pyridine rings is 2. The summed E-state index contributed by atoms with van der Waals surface area (Å²) in [5.41, 5.74) is 11.1. The van der Waals surface area contributed by atoms with Crippen LogP contribution >= 0.6 is 11.8 Å². The Morgan fingerprint density at radius 1 is 1.05 bits per heavy atom. The largest absolute Gasteiger partial charge is 0.383 e. The predicted octanol–water partition coefficient (Wildman–Crippen LogP) is 6.56. The number of amides is 1. The number of para-hydroxylation sites is 1. The van der Waals surface area contributed by atoms with E-state index in [1.165, 1.54) is 11.8 Å². The number of nitrogen functional groups attached to an aromatic ring is 1. The number of fused-ring (bicyclic) bond motifs is 1. The van der Waals surface area contributed by atoms with Crippen molar-refractivity contribution in [3.63, 3.8) is 0 Å². The highest BCUT2D eigenvalue weighted by molar-refractivity contribution is 8.00. The molecule has 8 heteroatoms. The number of anilines is 2. The topological polar surface area (TPSA) is 128 Å². The normalized spacial score (nSPS) is 11.7. The zero-order chi connectivity index (χ0) is 27.4. The van der Waals surface area contributed by atoms with E-state index < -0.39 is 5.25 Å². The lowest BCUT2D eigenvalue weighted by atomic mass is 9.94. The predicted molar refractivity (Wildman–Crippen MR) is 153 cm³/mol. The van der Waals surface area contributed by atoms with E-state index in [1.807, 2.05) is 68.4 Å². The number of carbonyl (C=O) groups excluding carboxylic acids is 1. The molecule has 2 heterocycles. The van der Waals surface area contributed by atoms with Crippen molar-refractivity contribution in [1.82, 2.24) is 9.97 Å². The smallest absolute Gasteiger partial charge is 0.237 e. The van der Waals surface area contributed by atoms with Crippen LogP contribution in [0.25, 0.3) is 22.0 Å². The van der Waals surface area contributed by atoms with Gasteiger partial charge in [-0.25, -0.2) is 4.98 Å².